The number of halogens is 2. The minimum atomic E-state index is -0.371. The second-order valence-corrected chi connectivity index (χ2v) is 5.21. The van der Waals surface area contributed by atoms with Crippen LogP contribution in [0.3, 0.4) is 0 Å². The fourth-order valence-corrected chi connectivity index (χ4v) is 2.10. The molecule has 2 aromatic rings. The van der Waals surface area contributed by atoms with Crippen LogP contribution in [0.5, 0.6) is 0 Å². The van der Waals surface area contributed by atoms with Crippen LogP contribution in [0.25, 0.3) is 10.9 Å². The van der Waals surface area contributed by atoms with E-state index in [2.05, 4.69) is 31.5 Å². The standard InChI is InChI=1S/C14H15BrFN3O2/c1-21-5-4-17-14(20)8-18-13-3-2-9-6-10(15)11(16)7-12(9)19-13/h2-3,6-7H,4-5,8H2,1H3,(H,17,20)(H,18,19). The van der Waals surface area contributed by atoms with Gasteiger partial charge in [-0.15, -0.1) is 0 Å². The van der Waals surface area contributed by atoms with E-state index in [1.54, 1.807) is 19.2 Å². The Morgan fingerprint density at radius 3 is 3.00 bits per heavy atom. The summed E-state index contributed by atoms with van der Waals surface area (Å²) in [5.74, 6) is -0.00786. The van der Waals surface area contributed by atoms with Gasteiger partial charge < -0.3 is 15.4 Å². The number of nitrogens with zero attached hydrogens (tertiary/aromatic N) is 1. The predicted octanol–water partition coefficient (Wildman–Crippen LogP) is 2.31. The van der Waals surface area contributed by atoms with Gasteiger partial charge >= 0.3 is 0 Å². The van der Waals surface area contributed by atoms with E-state index in [1.165, 1.54) is 6.07 Å². The van der Waals surface area contributed by atoms with Gasteiger partial charge in [-0.25, -0.2) is 9.37 Å². The van der Waals surface area contributed by atoms with Crippen LogP contribution >= 0.6 is 15.9 Å². The molecule has 7 heteroatoms. The normalized spacial score (nSPS) is 10.6. The van der Waals surface area contributed by atoms with E-state index in [0.29, 0.717) is 29.0 Å². The monoisotopic (exact) mass is 355 g/mol. The molecule has 1 heterocycles. The van der Waals surface area contributed by atoms with Crippen molar-refractivity contribution in [2.24, 2.45) is 0 Å². The van der Waals surface area contributed by atoms with E-state index >= 15 is 0 Å². The Hall–Kier alpha value is -1.73. The summed E-state index contributed by atoms with van der Waals surface area (Å²) in [7, 11) is 1.57. The molecule has 0 unspecified atom stereocenters. The lowest BCUT2D eigenvalue weighted by molar-refractivity contribution is -0.119. The summed E-state index contributed by atoms with van der Waals surface area (Å²) in [6.07, 6.45) is 0. The molecule has 0 spiro atoms. The van der Waals surface area contributed by atoms with Crippen molar-refractivity contribution in [3.05, 3.63) is 34.6 Å². The predicted molar refractivity (Wildman–Crippen MR) is 82.8 cm³/mol. The second-order valence-electron chi connectivity index (χ2n) is 4.35. The molecule has 1 amide bonds. The van der Waals surface area contributed by atoms with Crippen molar-refractivity contribution in [3.8, 4) is 0 Å². The van der Waals surface area contributed by atoms with E-state index in [-0.39, 0.29) is 18.3 Å². The number of carbonyl (C=O) groups is 1. The molecule has 0 aliphatic rings. The van der Waals surface area contributed by atoms with Crippen molar-refractivity contribution < 1.29 is 13.9 Å². The summed E-state index contributed by atoms with van der Waals surface area (Å²) in [6.45, 7) is 1.02. The number of amides is 1. The Morgan fingerprint density at radius 1 is 1.43 bits per heavy atom. The number of pyridine rings is 1. The summed E-state index contributed by atoms with van der Waals surface area (Å²) >= 11 is 3.13. The Kier molecular flexibility index (Phi) is 5.46. The highest BCUT2D eigenvalue weighted by Crippen LogP contribution is 2.23. The van der Waals surface area contributed by atoms with Gasteiger partial charge in [0.2, 0.25) is 5.91 Å². The van der Waals surface area contributed by atoms with Crippen LogP contribution in [0.2, 0.25) is 0 Å². The maximum atomic E-state index is 13.5. The lowest BCUT2D eigenvalue weighted by atomic mass is 10.2. The fraction of sp³-hybridized carbons (Fsp3) is 0.286. The highest BCUT2D eigenvalue weighted by atomic mass is 79.9. The number of carbonyl (C=O) groups excluding carboxylic acids is 1. The van der Waals surface area contributed by atoms with Gasteiger partial charge in [-0.3, -0.25) is 4.79 Å². The number of nitrogens with one attached hydrogen (secondary N) is 2. The molecular weight excluding hydrogens is 341 g/mol. The lowest BCUT2D eigenvalue weighted by Crippen LogP contribution is -2.32. The first-order valence-electron chi connectivity index (χ1n) is 6.35. The molecule has 1 aromatic carbocycles. The number of fused-ring (bicyclic) bond motifs is 1. The number of rotatable bonds is 6. The summed E-state index contributed by atoms with van der Waals surface area (Å²) in [4.78, 5) is 15.8. The fourth-order valence-electron chi connectivity index (χ4n) is 1.74. The van der Waals surface area contributed by atoms with Crippen molar-refractivity contribution in [1.82, 2.24) is 10.3 Å². The van der Waals surface area contributed by atoms with E-state index in [4.69, 9.17) is 4.74 Å². The molecule has 0 bridgehead atoms. The Balaban J connectivity index is 1.99. The quantitative estimate of drug-likeness (QED) is 0.780. The van der Waals surface area contributed by atoms with E-state index in [9.17, 15) is 9.18 Å². The van der Waals surface area contributed by atoms with Gasteiger partial charge in [0.15, 0.2) is 0 Å². The lowest BCUT2D eigenvalue weighted by Gasteiger charge is -2.08. The third-order valence-corrected chi connectivity index (χ3v) is 3.40. The summed E-state index contributed by atoms with van der Waals surface area (Å²) in [5, 5.41) is 6.40. The third kappa shape index (κ3) is 4.37. The third-order valence-electron chi connectivity index (χ3n) is 2.79. The molecule has 21 heavy (non-hydrogen) atoms. The molecule has 112 valence electrons. The molecule has 0 saturated carbocycles. The van der Waals surface area contributed by atoms with Crippen LogP contribution in [0.15, 0.2) is 28.7 Å². The molecule has 0 radical (unpaired) electrons. The zero-order valence-electron chi connectivity index (χ0n) is 11.5. The Morgan fingerprint density at radius 2 is 2.24 bits per heavy atom. The second kappa shape index (κ2) is 7.33. The van der Waals surface area contributed by atoms with Crippen LogP contribution in [-0.4, -0.2) is 37.7 Å². The molecule has 2 N–H and O–H groups in total. The van der Waals surface area contributed by atoms with Crippen molar-refractivity contribution in [2.75, 3.05) is 32.1 Å². The summed E-state index contributed by atoms with van der Waals surface area (Å²) < 4.78 is 18.7. The molecule has 0 aliphatic heterocycles. The molecule has 1 aromatic heterocycles. The summed E-state index contributed by atoms with van der Waals surface area (Å²) in [5.41, 5.74) is 0.528. The molecule has 0 saturated heterocycles. The largest absolute Gasteiger partial charge is 0.383 e. The molecule has 0 fully saturated rings. The maximum absolute atomic E-state index is 13.5. The van der Waals surface area contributed by atoms with Crippen molar-refractivity contribution in [2.45, 2.75) is 0 Å². The first-order valence-corrected chi connectivity index (χ1v) is 7.15. The van der Waals surface area contributed by atoms with Gasteiger partial charge in [-0.1, -0.05) is 0 Å². The first kappa shape index (κ1) is 15.7. The van der Waals surface area contributed by atoms with Crippen LogP contribution in [0, 0.1) is 5.82 Å². The number of aromatic nitrogens is 1. The smallest absolute Gasteiger partial charge is 0.239 e. The van der Waals surface area contributed by atoms with Gasteiger partial charge in [-0.05, 0) is 34.1 Å². The van der Waals surface area contributed by atoms with Gasteiger partial charge in [0.25, 0.3) is 0 Å². The molecular formula is C14H15BrFN3O2. The topological polar surface area (TPSA) is 63.2 Å². The minimum absolute atomic E-state index is 0.0984. The van der Waals surface area contributed by atoms with E-state index < -0.39 is 0 Å². The average molecular weight is 356 g/mol. The number of methoxy groups -OCH3 is 1. The van der Waals surface area contributed by atoms with Crippen LogP contribution in [0.4, 0.5) is 10.2 Å². The van der Waals surface area contributed by atoms with Crippen molar-refractivity contribution in [3.63, 3.8) is 0 Å². The van der Waals surface area contributed by atoms with Gasteiger partial charge in [0.05, 0.1) is 23.1 Å². The van der Waals surface area contributed by atoms with Crippen molar-refractivity contribution in [1.29, 1.82) is 0 Å². The Bertz CT molecular complexity index is 651. The molecule has 0 aliphatic carbocycles. The Labute approximate surface area is 130 Å². The number of anilines is 1. The van der Waals surface area contributed by atoms with Crippen LogP contribution in [-0.2, 0) is 9.53 Å². The zero-order chi connectivity index (χ0) is 15.2. The number of hydrogen-bond acceptors (Lipinski definition) is 4. The maximum Gasteiger partial charge on any atom is 0.239 e. The molecule has 0 atom stereocenters. The number of benzene rings is 1. The highest BCUT2D eigenvalue weighted by Gasteiger charge is 2.05. The minimum Gasteiger partial charge on any atom is -0.383 e. The number of hydrogen-bond donors (Lipinski definition) is 2. The van der Waals surface area contributed by atoms with Crippen LogP contribution < -0.4 is 10.6 Å². The number of ether oxygens (including phenoxy) is 1. The molecule has 5 nitrogen and oxygen atoms in total. The van der Waals surface area contributed by atoms with E-state index in [1.807, 2.05) is 6.07 Å². The van der Waals surface area contributed by atoms with Crippen molar-refractivity contribution >= 4 is 38.6 Å². The first-order chi connectivity index (χ1) is 10.1. The van der Waals surface area contributed by atoms with E-state index in [0.717, 1.165) is 5.39 Å². The van der Waals surface area contributed by atoms with Gasteiger partial charge in [-0.2, -0.15) is 0 Å². The zero-order valence-corrected chi connectivity index (χ0v) is 13.0. The average Bonchev–Trinajstić information content (AvgIpc) is 2.46. The van der Waals surface area contributed by atoms with Gasteiger partial charge in [0.1, 0.15) is 11.6 Å². The van der Waals surface area contributed by atoms with Crippen LogP contribution in [0.1, 0.15) is 0 Å². The van der Waals surface area contributed by atoms with Gasteiger partial charge in [0, 0.05) is 25.1 Å². The SMILES string of the molecule is COCCNC(=O)CNc1ccc2cc(Br)c(F)cc2n1. The molecule has 2 rings (SSSR count). The highest BCUT2D eigenvalue weighted by molar-refractivity contribution is 9.10. The summed E-state index contributed by atoms with van der Waals surface area (Å²) in [6, 6.07) is 6.58.